The van der Waals surface area contributed by atoms with Crippen LogP contribution >= 0.6 is 0 Å². The molecule has 0 aromatic carbocycles. The molecule has 2 saturated heterocycles. The first-order chi connectivity index (χ1) is 10.9. The molecule has 1 aromatic heterocycles. The minimum Gasteiger partial charge on any atom is -0.369 e. The van der Waals surface area contributed by atoms with Gasteiger partial charge in [-0.05, 0) is 37.3 Å². The van der Waals surface area contributed by atoms with E-state index < -0.39 is 10.0 Å². The maximum absolute atomic E-state index is 11.3. The Morgan fingerprint density at radius 1 is 1.48 bits per heavy atom. The number of ether oxygens (including phenoxy) is 1. The fourth-order valence-electron chi connectivity index (χ4n) is 3.62. The molecule has 2 fully saturated rings. The molecule has 1 N–H and O–H groups in total. The number of hydrogen-bond donors (Lipinski definition) is 1. The molecule has 0 unspecified atom stereocenters. The topological polar surface area (TPSA) is 71.5 Å². The molecule has 0 saturated carbocycles. The van der Waals surface area contributed by atoms with Gasteiger partial charge in [0, 0.05) is 38.6 Å². The van der Waals surface area contributed by atoms with Crippen molar-refractivity contribution < 1.29 is 13.2 Å². The Morgan fingerprint density at radius 2 is 2.35 bits per heavy atom. The number of pyridine rings is 1. The second-order valence-electron chi connectivity index (χ2n) is 6.76. The Labute approximate surface area is 138 Å². The highest BCUT2D eigenvalue weighted by molar-refractivity contribution is 7.88. The van der Waals surface area contributed by atoms with Crippen LogP contribution in [0, 0.1) is 0 Å². The summed E-state index contributed by atoms with van der Waals surface area (Å²) in [6.07, 6.45) is 8.97. The van der Waals surface area contributed by atoms with Gasteiger partial charge in [0.1, 0.15) is 0 Å². The van der Waals surface area contributed by atoms with E-state index in [0.29, 0.717) is 6.54 Å². The number of aromatic nitrogens is 1. The Balaban J connectivity index is 1.55. The Bertz CT molecular complexity index is 623. The molecule has 3 rings (SSSR count). The van der Waals surface area contributed by atoms with Crippen LogP contribution in [0.4, 0.5) is 0 Å². The Hall–Kier alpha value is -1.02. The quantitative estimate of drug-likeness (QED) is 0.871. The summed E-state index contributed by atoms with van der Waals surface area (Å²) in [5.74, 6) is 0. The van der Waals surface area contributed by atoms with Gasteiger partial charge in [-0.1, -0.05) is 6.07 Å². The molecule has 2 aliphatic rings. The van der Waals surface area contributed by atoms with Gasteiger partial charge in [-0.3, -0.25) is 9.88 Å². The number of nitrogens with one attached hydrogen (secondary N) is 1. The number of sulfonamides is 1. The molecule has 0 aliphatic carbocycles. The van der Waals surface area contributed by atoms with Crippen molar-refractivity contribution in [1.29, 1.82) is 0 Å². The van der Waals surface area contributed by atoms with Crippen LogP contribution in [0.15, 0.2) is 24.5 Å². The third-order valence-electron chi connectivity index (χ3n) is 4.67. The number of hydrogen-bond acceptors (Lipinski definition) is 5. The second-order valence-corrected chi connectivity index (χ2v) is 8.59. The maximum Gasteiger partial charge on any atom is 0.208 e. The van der Waals surface area contributed by atoms with Gasteiger partial charge < -0.3 is 4.74 Å². The van der Waals surface area contributed by atoms with Crippen LogP contribution in [0.5, 0.6) is 0 Å². The zero-order valence-electron chi connectivity index (χ0n) is 13.6. The number of nitrogens with zero attached hydrogens (tertiary/aromatic N) is 2. The van der Waals surface area contributed by atoms with Crippen molar-refractivity contribution in [3.8, 4) is 0 Å². The molecule has 1 aromatic rings. The average molecular weight is 339 g/mol. The standard InChI is InChI=1S/C16H25N3O3S/c1-23(20,21)18-11-15-5-2-6-16(22-15)7-9-19(13-16)12-14-4-3-8-17-10-14/h3-4,8,10,15,18H,2,5-7,9,11-13H2,1H3/t15-,16-/m0/s1. The third-order valence-corrected chi connectivity index (χ3v) is 5.36. The van der Waals surface area contributed by atoms with Crippen molar-refractivity contribution in [3.05, 3.63) is 30.1 Å². The third kappa shape index (κ3) is 4.73. The molecule has 23 heavy (non-hydrogen) atoms. The van der Waals surface area contributed by atoms with E-state index in [1.54, 1.807) is 6.20 Å². The lowest BCUT2D eigenvalue weighted by molar-refractivity contribution is -0.118. The van der Waals surface area contributed by atoms with Gasteiger partial charge in [-0.25, -0.2) is 13.1 Å². The lowest BCUT2D eigenvalue weighted by Gasteiger charge is -2.38. The first kappa shape index (κ1) is 16.8. The SMILES string of the molecule is CS(=O)(=O)NC[C@@H]1CCC[C@@]2(CCN(Cc3cccnc3)C2)O1. The van der Waals surface area contributed by atoms with Gasteiger partial charge in [0.2, 0.25) is 10.0 Å². The summed E-state index contributed by atoms with van der Waals surface area (Å²) >= 11 is 0. The Morgan fingerprint density at radius 3 is 3.09 bits per heavy atom. The summed E-state index contributed by atoms with van der Waals surface area (Å²) in [5, 5.41) is 0. The average Bonchev–Trinajstić information content (AvgIpc) is 2.88. The van der Waals surface area contributed by atoms with Crippen molar-refractivity contribution >= 4 is 10.0 Å². The number of rotatable bonds is 5. The summed E-state index contributed by atoms with van der Waals surface area (Å²) in [5.41, 5.74) is 1.11. The molecule has 2 aliphatic heterocycles. The Kier molecular flexibility index (Phi) is 5.01. The van der Waals surface area contributed by atoms with Crippen molar-refractivity contribution in [2.75, 3.05) is 25.9 Å². The summed E-state index contributed by atoms with van der Waals surface area (Å²) in [6, 6.07) is 4.06. The van der Waals surface area contributed by atoms with Crippen LogP contribution < -0.4 is 4.72 Å². The van der Waals surface area contributed by atoms with Crippen molar-refractivity contribution in [3.63, 3.8) is 0 Å². The molecule has 1 spiro atoms. The van der Waals surface area contributed by atoms with Gasteiger partial charge in [-0.15, -0.1) is 0 Å². The normalized spacial score (nSPS) is 29.2. The molecule has 0 radical (unpaired) electrons. The largest absolute Gasteiger partial charge is 0.369 e. The minimum absolute atomic E-state index is 0.0168. The molecule has 0 bridgehead atoms. The molecule has 6 nitrogen and oxygen atoms in total. The van der Waals surface area contributed by atoms with E-state index >= 15 is 0 Å². The molecule has 0 amide bonds. The van der Waals surface area contributed by atoms with Gasteiger partial charge in [0.25, 0.3) is 0 Å². The first-order valence-electron chi connectivity index (χ1n) is 8.18. The first-order valence-corrected chi connectivity index (χ1v) is 10.1. The zero-order chi connectivity index (χ0) is 16.3. The molecule has 128 valence electrons. The highest BCUT2D eigenvalue weighted by Gasteiger charge is 2.42. The van der Waals surface area contributed by atoms with Crippen LogP contribution in [0.25, 0.3) is 0 Å². The van der Waals surface area contributed by atoms with E-state index in [1.165, 1.54) is 11.8 Å². The van der Waals surface area contributed by atoms with Gasteiger partial charge in [0.05, 0.1) is 18.0 Å². The maximum atomic E-state index is 11.3. The van der Waals surface area contributed by atoms with Crippen LogP contribution in [-0.4, -0.2) is 55.9 Å². The molecular weight excluding hydrogens is 314 g/mol. The predicted molar refractivity (Wildman–Crippen MR) is 88.4 cm³/mol. The second kappa shape index (κ2) is 6.84. The van der Waals surface area contributed by atoms with E-state index in [9.17, 15) is 8.42 Å². The minimum atomic E-state index is -3.16. The van der Waals surface area contributed by atoms with E-state index in [4.69, 9.17) is 4.74 Å². The smallest absolute Gasteiger partial charge is 0.208 e. The molecule has 7 heteroatoms. The highest BCUT2D eigenvalue weighted by Crippen LogP contribution is 2.37. The van der Waals surface area contributed by atoms with Crippen molar-refractivity contribution in [1.82, 2.24) is 14.6 Å². The van der Waals surface area contributed by atoms with Crippen LogP contribution in [0.2, 0.25) is 0 Å². The van der Waals surface area contributed by atoms with E-state index in [-0.39, 0.29) is 11.7 Å². The highest BCUT2D eigenvalue weighted by atomic mass is 32.2. The monoisotopic (exact) mass is 339 g/mol. The van der Waals surface area contributed by atoms with Crippen LogP contribution in [0.1, 0.15) is 31.2 Å². The fraction of sp³-hybridized carbons (Fsp3) is 0.688. The van der Waals surface area contributed by atoms with Crippen molar-refractivity contribution in [2.24, 2.45) is 0 Å². The van der Waals surface area contributed by atoms with Crippen molar-refractivity contribution in [2.45, 2.75) is 43.9 Å². The van der Waals surface area contributed by atoms with E-state index in [0.717, 1.165) is 45.3 Å². The lowest BCUT2D eigenvalue weighted by atomic mass is 9.90. The van der Waals surface area contributed by atoms with Crippen LogP contribution in [-0.2, 0) is 21.3 Å². The van der Waals surface area contributed by atoms with E-state index in [1.807, 2.05) is 12.3 Å². The summed E-state index contributed by atoms with van der Waals surface area (Å²) < 4.78 is 31.4. The summed E-state index contributed by atoms with van der Waals surface area (Å²) in [6.45, 7) is 3.20. The van der Waals surface area contributed by atoms with E-state index in [2.05, 4.69) is 20.7 Å². The van der Waals surface area contributed by atoms with Gasteiger partial charge in [-0.2, -0.15) is 0 Å². The van der Waals surface area contributed by atoms with Gasteiger partial charge >= 0.3 is 0 Å². The molecule has 2 atom stereocenters. The fourth-order valence-corrected chi connectivity index (χ4v) is 4.11. The van der Waals surface area contributed by atoms with Gasteiger partial charge in [0.15, 0.2) is 0 Å². The lowest BCUT2D eigenvalue weighted by Crippen LogP contribution is -2.46. The summed E-state index contributed by atoms with van der Waals surface area (Å²) in [7, 11) is -3.16. The summed E-state index contributed by atoms with van der Waals surface area (Å²) in [4.78, 5) is 6.57. The molecule has 3 heterocycles. The predicted octanol–water partition coefficient (Wildman–Crippen LogP) is 1.14. The number of likely N-dealkylation sites (tertiary alicyclic amines) is 1. The van der Waals surface area contributed by atoms with Crippen LogP contribution in [0.3, 0.4) is 0 Å². The zero-order valence-corrected chi connectivity index (χ0v) is 14.4. The molecular formula is C16H25N3O3S.